The number of nitrogens with two attached hydrogens (primary N) is 1. The summed E-state index contributed by atoms with van der Waals surface area (Å²) >= 11 is 0. The fraction of sp³-hybridized carbons (Fsp3) is 0.533. The SMILES string of the molecule is NC(Cc1ccc(O)cc1)C(=O)NCC1CCOCC1. The molecule has 0 aromatic heterocycles. The van der Waals surface area contributed by atoms with Crippen LogP contribution in [0.25, 0.3) is 0 Å². The van der Waals surface area contributed by atoms with Crippen LogP contribution in [-0.2, 0) is 16.0 Å². The summed E-state index contributed by atoms with van der Waals surface area (Å²) < 4.78 is 5.28. The molecule has 5 nitrogen and oxygen atoms in total. The lowest BCUT2D eigenvalue weighted by Gasteiger charge is -2.23. The van der Waals surface area contributed by atoms with E-state index in [1.165, 1.54) is 0 Å². The standard InChI is InChI=1S/C15H22N2O3/c16-14(9-11-1-3-13(18)4-2-11)15(19)17-10-12-5-7-20-8-6-12/h1-4,12,14,18H,5-10,16H2,(H,17,19). The average molecular weight is 278 g/mol. The Morgan fingerprint density at radius 3 is 2.65 bits per heavy atom. The minimum Gasteiger partial charge on any atom is -0.508 e. The Balaban J connectivity index is 1.75. The molecule has 0 radical (unpaired) electrons. The van der Waals surface area contributed by atoms with Crippen LogP contribution in [0.2, 0.25) is 0 Å². The predicted octanol–water partition coefficient (Wildman–Crippen LogP) is 0.805. The van der Waals surface area contributed by atoms with Gasteiger partial charge in [-0.25, -0.2) is 0 Å². The van der Waals surface area contributed by atoms with Crippen molar-refractivity contribution in [2.45, 2.75) is 25.3 Å². The van der Waals surface area contributed by atoms with Crippen LogP contribution in [0.3, 0.4) is 0 Å². The zero-order valence-corrected chi connectivity index (χ0v) is 11.5. The molecule has 0 bridgehead atoms. The van der Waals surface area contributed by atoms with Gasteiger partial charge in [-0.3, -0.25) is 4.79 Å². The number of amides is 1. The van der Waals surface area contributed by atoms with Gasteiger partial charge in [-0.1, -0.05) is 12.1 Å². The molecular formula is C15H22N2O3. The number of hydrogen-bond donors (Lipinski definition) is 3. The number of carbonyl (C=O) groups excluding carboxylic acids is 1. The van der Waals surface area contributed by atoms with E-state index in [4.69, 9.17) is 10.5 Å². The Morgan fingerprint density at radius 1 is 1.35 bits per heavy atom. The zero-order valence-electron chi connectivity index (χ0n) is 11.5. The van der Waals surface area contributed by atoms with Gasteiger partial charge in [0.1, 0.15) is 5.75 Å². The van der Waals surface area contributed by atoms with E-state index in [0.29, 0.717) is 18.9 Å². The Hall–Kier alpha value is -1.59. The number of hydrogen-bond acceptors (Lipinski definition) is 4. The molecular weight excluding hydrogens is 256 g/mol. The summed E-state index contributed by atoms with van der Waals surface area (Å²) in [7, 11) is 0. The number of carbonyl (C=O) groups is 1. The summed E-state index contributed by atoms with van der Waals surface area (Å²) in [6.07, 6.45) is 2.46. The van der Waals surface area contributed by atoms with Crippen molar-refractivity contribution in [1.82, 2.24) is 5.32 Å². The molecule has 5 heteroatoms. The average Bonchev–Trinajstić information content (AvgIpc) is 2.48. The minimum atomic E-state index is -0.556. The monoisotopic (exact) mass is 278 g/mol. The Morgan fingerprint density at radius 2 is 2.00 bits per heavy atom. The Bertz CT molecular complexity index is 427. The van der Waals surface area contributed by atoms with Crippen LogP contribution < -0.4 is 11.1 Å². The largest absolute Gasteiger partial charge is 0.508 e. The van der Waals surface area contributed by atoms with Crippen LogP contribution >= 0.6 is 0 Å². The highest BCUT2D eigenvalue weighted by Gasteiger charge is 2.18. The molecule has 2 rings (SSSR count). The second-order valence-electron chi connectivity index (χ2n) is 5.28. The highest BCUT2D eigenvalue weighted by atomic mass is 16.5. The summed E-state index contributed by atoms with van der Waals surface area (Å²) in [4.78, 5) is 11.9. The fourth-order valence-corrected chi connectivity index (χ4v) is 2.31. The number of ether oxygens (including phenoxy) is 1. The van der Waals surface area contributed by atoms with Crippen LogP contribution in [0.5, 0.6) is 5.75 Å². The second kappa shape index (κ2) is 7.26. The topological polar surface area (TPSA) is 84.6 Å². The molecule has 1 saturated heterocycles. The van der Waals surface area contributed by atoms with Crippen LogP contribution in [0.15, 0.2) is 24.3 Å². The van der Waals surface area contributed by atoms with E-state index in [9.17, 15) is 9.90 Å². The first-order valence-electron chi connectivity index (χ1n) is 7.04. The van der Waals surface area contributed by atoms with Gasteiger partial charge in [-0.2, -0.15) is 0 Å². The molecule has 1 aliphatic rings. The summed E-state index contributed by atoms with van der Waals surface area (Å²) in [6.45, 7) is 2.23. The molecule has 20 heavy (non-hydrogen) atoms. The van der Waals surface area contributed by atoms with E-state index in [1.54, 1.807) is 24.3 Å². The normalized spacial score (nSPS) is 17.6. The third kappa shape index (κ3) is 4.51. The lowest BCUT2D eigenvalue weighted by Crippen LogP contribution is -2.44. The fourth-order valence-electron chi connectivity index (χ4n) is 2.31. The van der Waals surface area contributed by atoms with Gasteiger partial charge in [0.25, 0.3) is 0 Å². The number of phenols is 1. The number of phenolic OH excluding ortho intramolecular Hbond substituents is 1. The molecule has 110 valence electrons. The van der Waals surface area contributed by atoms with E-state index < -0.39 is 6.04 Å². The van der Waals surface area contributed by atoms with Crippen LogP contribution in [0.4, 0.5) is 0 Å². The number of nitrogens with one attached hydrogen (secondary N) is 1. The van der Waals surface area contributed by atoms with Crippen LogP contribution in [-0.4, -0.2) is 36.8 Å². The van der Waals surface area contributed by atoms with Gasteiger partial charge in [-0.05, 0) is 42.9 Å². The first-order valence-corrected chi connectivity index (χ1v) is 7.04. The van der Waals surface area contributed by atoms with Crippen molar-refractivity contribution in [2.75, 3.05) is 19.8 Å². The molecule has 0 saturated carbocycles. The number of benzene rings is 1. The van der Waals surface area contributed by atoms with Crippen LogP contribution in [0, 0.1) is 5.92 Å². The quantitative estimate of drug-likeness (QED) is 0.744. The maximum atomic E-state index is 11.9. The molecule has 1 heterocycles. The molecule has 1 amide bonds. The lowest BCUT2D eigenvalue weighted by molar-refractivity contribution is -0.122. The van der Waals surface area contributed by atoms with E-state index in [-0.39, 0.29) is 11.7 Å². The maximum absolute atomic E-state index is 11.9. The van der Waals surface area contributed by atoms with Crippen LogP contribution in [0.1, 0.15) is 18.4 Å². The van der Waals surface area contributed by atoms with Gasteiger partial charge in [0, 0.05) is 19.8 Å². The van der Waals surface area contributed by atoms with Gasteiger partial charge >= 0.3 is 0 Å². The molecule has 1 aliphatic heterocycles. The van der Waals surface area contributed by atoms with Gasteiger partial charge in [-0.15, -0.1) is 0 Å². The molecule has 1 aromatic carbocycles. The van der Waals surface area contributed by atoms with E-state index in [2.05, 4.69) is 5.32 Å². The lowest BCUT2D eigenvalue weighted by atomic mass is 10.00. The van der Waals surface area contributed by atoms with Crippen molar-refractivity contribution in [1.29, 1.82) is 0 Å². The Labute approximate surface area is 119 Å². The van der Waals surface area contributed by atoms with Gasteiger partial charge in [0.15, 0.2) is 0 Å². The van der Waals surface area contributed by atoms with Crippen molar-refractivity contribution in [3.63, 3.8) is 0 Å². The smallest absolute Gasteiger partial charge is 0.237 e. The van der Waals surface area contributed by atoms with E-state index in [0.717, 1.165) is 31.6 Å². The number of aromatic hydroxyl groups is 1. The third-order valence-corrected chi connectivity index (χ3v) is 3.63. The van der Waals surface area contributed by atoms with Crippen molar-refractivity contribution in [2.24, 2.45) is 11.7 Å². The molecule has 0 spiro atoms. The Kier molecular flexibility index (Phi) is 5.38. The molecule has 4 N–H and O–H groups in total. The summed E-state index contributed by atoms with van der Waals surface area (Å²) in [5, 5.41) is 12.1. The van der Waals surface area contributed by atoms with E-state index >= 15 is 0 Å². The summed E-state index contributed by atoms with van der Waals surface area (Å²) in [5.41, 5.74) is 6.84. The van der Waals surface area contributed by atoms with Crippen molar-refractivity contribution in [3.8, 4) is 5.75 Å². The van der Waals surface area contributed by atoms with Gasteiger partial charge < -0.3 is 20.9 Å². The first-order chi connectivity index (χ1) is 9.65. The van der Waals surface area contributed by atoms with Gasteiger partial charge in [0.05, 0.1) is 6.04 Å². The third-order valence-electron chi connectivity index (χ3n) is 3.63. The molecule has 0 aliphatic carbocycles. The maximum Gasteiger partial charge on any atom is 0.237 e. The molecule has 1 aromatic rings. The summed E-state index contributed by atoms with van der Waals surface area (Å²) in [6, 6.07) is 6.20. The zero-order chi connectivity index (χ0) is 14.4. The summed E-state index contributed by atoms with van der Waals surface area (Å²) in [5.74, 6) is 0.587. The van der Waals surface area contributed by atoms with E-state index in [1.807, 2.05) is 0 Å². The molecule has 1 fully saturated rings. The highest BCUT2D eigenvalue weighted by molar-refractivity contribution is 5.81. The van der Waals surface area contributed by atoms with Crippen molar-refractivity contribution >= 4 is 5.91 Å². The van der Waals surface area contributed by atoms with Crippen molar-refractivity contribution < 1.29 is 14.6 Å². The van der Waals surface area contributed by atoms with Crippen molar-refractivity contribution in [3.05, 3.63) is 29.8 Å². The first kappa shape index (κ1) is 14.8. The highest BCUT2D eigenvalue weighted by Crippen LogP contribution is 2.13. The second-order valence-corrected chi connectivity index (χ2v) is 5.28. The van der Waals surface area contributed by atoms with Gasteiger partial charge in [0.2, 0.25) is 5.91 Å². The number of rotatable bonds is 5. The predicted molar refractivity (Wildman–Crippen MR) is 76.3 cm³/mol. The molecule has 1 atom stereocenters. The minimum absolute atomic E-state index is 0.121. The molecule has 1 unspecified atom stereocenters.